The minimum absolute atomic E-state index is 0.175. The maximum Gasteiger partial charge on any atom is 0.141 e. The fourth-order valence-corrected chi connectivity index (χ4v) is 1.94. The predicted molar refractivity (Wildman–Crippen MR) is 77.1 cm³/mol. The van der Waals surface area contributed by atoms with Crippen molar-refractivity contribution in [3.63, 3.8) is 0 Å². The average molecular weight is 248 g/mol. The number of hydrogen-bond acceptors (Lipinski definition) is 3. The summed E-state index contributed by atoms with van der Waals surface area (Å²) in [5, 5.41) is 10.6. The van der Waals surface area contributed by atoms with E-state index in [9.17, 15) is 5.11 Å². The van der Waals surface area contributed by atoms with E-state index in [-0.39, 0.29) is 5.75 Å². The molecule has 0 saturated heterocycles. The predicted octanol–water partition coefficient (Wildman–Crippen LogP) is 3.69. The first-order chi connectivity index (χ1) is 9.34. The van der Waals surface area contributed by atoms with Crippen LogP contribution in [0, 0.1) is 0 Å². The summed E-state index contributed by atoms with van der Waals surface area (Å²) >= 11 is 0. The fourth-order valence-electron chi connectivity index (χ4n) is 1.94. The Bertz CT molecular complexity index is 736. The lowest BCUT2D eigenvalue weighted by Gasteiger charge is -2.02. The van der Waals surface area contributed by atoms with Gasteiger partial charge in [0.2, 0.25) is 0 Å². The van der Waals surface area contributed by atoms with Crippen LogP contribution in [0.5, 0.6) is 5.75 Å². The van der Waals surface area contributed by atoms with Gasteiger partial charge < -0.3 is 5.11 Å². The average Bonchev–Trinajstić information content (AvgIpc) is 2.48. The van der Waals surface area contributed by atoms with Gasteiger partial charge in [0.15, 0.2) is 0 Å². The zero-order valence-electron chi connectivity index (χ0n) is 10.2. The standard InChI is InChI=1S/C16H12N2O/c19-15-9-8-14(13-7-4-10-17-16(13)15)18-11-12-5-2-1-3-6-12/h1-11,19H. The van der Waals surface area contributed by atoms with Crippen LogP contribution in [0.3, 0.4) is 0 Å². The molecule has 3 aromatic rings. The minimum atomic E-state index is 0.175. The molecule has 3 heteroatoms. The van der Waals surface area contributed by atoms with Gasteiger partial charge in [-0.3, -0.25) is 9.98 Å². The number of rotatable bonds is 2. The van der Waals surface area contributed by atoms with Gasteiger partial charge in [0.1, 0.15) is 11.3 Å². The van der Waals surface area contributed by atoms with Crippen LogP contribution in [0.4, 0.5) is 5.69 Å². The molecule has 1 aromatic heterocycles. The van der Waals surface area contributed by atoms with Crippen molar-refractivity contribution in [1.29, 1.82) is 0 Å². The molecule has 0 saturated carbocycles. The molecule has 0 unspecified atom stereocenters. The van der Waals surface area contributed by atoms with E-state index in [1.54, 1.807) is 24.5 Å². The first kappa shape index (κ1) is 11.4. The van der Waals surface area contributed by atoms with Crippen molar-refractivity contribution in [2.45, 2.75) is 0 Å². The zero-order valence-corrected chi connectivity index (χ0v) is 10.2. The fraction of sp³-hybridized carbons (Fsp3) is 0. The summed E-state index contributed by atoms with van der Waals surface area (Å²) in [7, 11) is 0. The van der Waals surface area contributed by atoms with Gasteiger partial charge in [-0.2, -0.15) is 0 Å². The van der Waals surface area contributed by atoms with Crippen LogP contribution in [-0.2, 0) is 0 Å². The third-order valence-electron chi connectivity index (χ3n) is 2.88. The summed E-state index contributed by atoms with van der Waals surface area (Å²) in [6.07, 6.45) is 3.46. The largest absolute Gasteiger partial charge is 0.506 e. The highest BCUT2D eigenvalue weighted by Crippen LogP contribution is 2.30. The molecule has 0 bridgehead atoms. The van der Waals surface area contributed by atoms with Gasteiger partial charge >= 0.3 is 0 Å². The van der Waals surface area contributed by atoms with Crippen molar-refractivity contribution >= 4 is 22.8 Å². The highest BCUT2D eigenvalue weighted by Gasteiger charge is 2.04. The second-order valence-electron chi connectivity index (χ2n) is 4.17. The smallest absolute Gasteiger partial charge is 0.141 e. The summed E-state index contributed by atoms with van der Waals surface area (Å²) in [6, 6.07) is 17.0. The van der Waals surface area contributed by atoms with Crippen LogP contribution < -0.4 is 0 Å². The van der Waals surface area contributed by atoms with Gasteiger partial charge in [-0.1, -0.05) is 30.3 Å². The molecule has 19 heavy (non-hydrogen) atoms. The Hall–Kier alpha value is -2.68. The van der Waals surface area contributed by atoms with Gasteiger partial charge in [-0.25, -0.2) is 0 Å². The Morgan fingerprint density at radius 1 is 0.947 bits per heavy atom. The minimum Gasteiger partial charge on any atom is -0.506 e. The molecule has 0 radical (unpaired) electrons. The molecule has 2 aromatic carbocycles. The quantitative estimate of drug-likeness (QED) is 0.703. The number of pyridine rings is 1. The Balaban J connectivity index is 2.07. The van der Waals surface area contributed by atoms with Crippen molar-refractivity contribution in [3.05, 3.63) is 66.4 Å². The number of fused-ring (bicyclic) bond motifs is 1. The number of aromatic hydroxyl groups is 1. The summed E-state index contributed by atoms with van der Waals surface area (Å²) in [4.78, 5) is 8.64. The van der Waals surface area contributed by atoms with Crippen molar-refractivity contribution < 1.29 is 5.11 Å². The second-order valence-corrected chi connectivity index (χ2v) is 4.17. The molecule has 0 amide bonds. The van der Waals surface area contributed by atoms with E-state index in [0.29, 0.717) is 5.52 Å². The number of phenols is 1. The monoisotopic (exact) mass is 248 g/mol. The normalized spacial score (nSPS) is 11.2. The van der Waals surface area contributed by atoms with E-state index in [2.05, 4.69) is 9.98 Å². The van der Waals surface area contributed by atoms with Crippen LogP contribution in [0.25, 0.3) is 10.9 Å². The van der Waals surface area contributed by atoms with Crippen LogP contribution >= 0.6 is 0 Å². The van der Waals surface area contributed by atoms with Gasteiger partial charge in [-0.05, 0) is 29.8 Å². The van der Waals surface area contributed by atoms with Crippen molar-refractivity contribution in [1.82, 2.24) is 4.98 Å². The molecule has 0 aliphatic heterocycles. The molecule has 3 nitrogen and oxygen atoms in total. The number of aliphatic imine (C=N–C) groups is 1. The zero-order chi connectivity index (χ0) is 13.1. The first-order valence-electron chi connectivity index (χ1n) is 6.00. The van der Waals surface area contributed by atoms with Gasteiger partial charge in [0.05, 0.1) is 5.69 Å². The van der Waals surface area contributed by atoms with Gasteiger partial charge in [0, 0.05) is 17.8 Å². The number of aromatic nitrogens is 1. The molecule has 0 fully saturated rings. The summed E-state index contributed by atoms with van der Waals surface area (Å²) in [5.74, 6) is 0.175. The lowest BCUT2D eigenvalue weighted by molar-refractivity contribution is 0.480. The Kier molecular flexibility index (Phi) is 2.94. The van der Waals surface area contributed by atoms with Crippen molar-refractivity contribution in [3.8, 4) is 5.75 Å². The van der Waals surface area contributed by atoms with E-state index < -0.39 is 0 Å². The van der Waals surface area contributed by atoms with Crippen LogP contribution in [0.15, 0.2) is 65.8 Å². The maximum absolute atomic E-state index is 9.77. The number of benzene rings is 2. The Morgan fingerprint density at radius 3 is 2.63 bits per heavy atom. The number of phenolic OH excluding ortho intramolecular Hbond substituents is 1. The van der Waals surface area contributed by atoms with Crippen LogP contribution in [0.1, 0.15) is 5.56 Å². The lowest BCUT2D eigenvalue weighted by Crippen LogP contribution is -1.81. The molecular formula is C16H12N2O. The number of nitrogens with zero attached hydrogens (tertiary/aromatic N) is 2. The summed E-state index contributed by atoms with van der Waals surface area (Å²) in [5.41, 5.74) is 2.41. The van der Waals surface area contributed by atoms with E-state index in [4.69, 9.17) is 0 Å². The van der Waals surface area contributed by atoms with E-state index >= 15 is 0 Å². The molecule has 0 atom stereocenters. The van der Waals surface area contributed by atoms with Crippen LogP contribution in [-0.4, -0.2) is 16.3 Å². The molecular weight excluding hydrogens is 236 g/mol. The lowest BCUT2D eigenvalue weighted by atomic mass is 10.1. The van der Waals surface area contributed by atoms with Crippen LogP contribution in [0.2, 0.25) is 0 Å². The SMILES string of the molecule is Oc1ccc(N=Cc2ccccc2)c2cccnc12. The van der Waals surface area contributed by atoms with E-state index in [1.807, 2.05) is 42.5 Å². The molecule has 92 valence electrons. The highest BCUT2D eigenvalue weighted by atomic mass is 16.3. The molecule has 3 rings (SSSR count). The topological polar surface area (TPSA) is 45.5 Å². The second kappa shape index (κ2) is 4.90. The third-order valence-corrected chi connectivity index (χ3v) is 2.88. The van der Waals surface area contributed by atoms with Crippen molar-refractivity contribution in [2.24, 2.45) is 4.99 Å². The molecule has 1 N–H and O–H groups in total. The number of hydrogen-bond donors (Lipinski definition) is 1. The molecule has 1 heterocycles. The highest BCUT2D eigenvalue weighted by molar-refractivity contribution is 5.96. The summed E-state index contributed by atoms with van der Waals surface area (Å²) < 4.78 is 0. The third kappa shape index (κ3) is 2.31. The Morgan fingerprint density at radius 2 is 1.79 bits per heavy atom. The molecule has 0 aliphatic rings. The Labute approximate surface area is 110 Å². The van der Waals surface area contributed by atoms with Gasteiger partial charge in [0.25, 0.3) is 0 Å². The van der Waals surface area contributed by atoms with Crippen molar-refractivity contribution in [2.75, 3.05) is 0 Å². The molecule has 0 spiro atoms. The summed E-state index contributed by atoms with van der Waals surface area (Å²) in [6.45, 7) is 0. The first-order valence-corrected chi connectivity index (χ1v) is 6.00. The maximum atomic E-state index is 9.77. The van der Waals surface area contributed by atoms with E-state index in [0.717, 1.165) is 16.6 Å². The molecule has 0 aliphatic carbocycles. The van der Waals surface area contributed by atoms with Gasteiger partial charge in [-0.15, -0.1) is 0 Å². The van der Waals surface area contributed by atoms with E-state index in [1.165, 1.54) is 0 Å².